The summed E-state index contributed by atoms with van der Waals surface area (Å²) in [6.45, 7) is -0.0355. The van der Waals surface area contributed by atoms with Gasteiger partial charge in [-0.2, -0.15) is 5.10 Å². The van der Waals surface area contributed by atoms with Crippen molar-refractivity contribution in [1.29, 1.82) is 0 Å². The number of aromatic amines is 1. The monoisotopic (exact) mass is 394 g/mol. The van der Waals surface area contributed by atoms with Crippen LogP contribution in [0.2, 0.25) is 1.41 Å². The van der Waals surface area contributed by atoms with Crippen LogP contribution in [0.3, 0.4) is 0 Å². The van der Waals surface area contributed by atoms with Crippen molar-refractivity contribution in [3.8, 4) is 0 Å². The van der Waals surface area contributed by atoms with E-state index in [0.717, 1.165) is 5.69 Å². The summed E-state index contributed by atoms with van der Waals surface area (Å²) in [6.07, 6.45) is -10.4. The van der Waals surface area contributed by atoms with Crippen LogP contribution in [0, 0.1) is 5.89 Å². The van der Waals surface area contributed by atoms with Crippen molar-refractivity contribution in [3.05, 3.63) is 40.6 Å². The van der Waals surface area contributed by atoms with Crippen molar-refractivity contribution in [2.45, 2.75) is 44.9 Å². The van der Waals surface area contributed by atoms with Crippen molar-refractivity contribution in [3.63, 3.8) is 0 Å². The lowest BCUT2D eigenvalue weighted by Gasteiger charge is -2.36. The number of benzene rings is 1. The SMILES string of the molecule is [2H]n1nc(CCN2CCN(c3cccc(N)c3)CC2)n(C([2H])([2H])C2([2H])CCC([2H])([2H])C([2H])([2H])C2([2H])[2H])c1=O. The van der Waals surface area contributed by atoms with E-state index in [4.69, 9.17) is 19.5 Å². The number of rotatable bonds is 6. The summed E-state index contributed by atoms with van der Waals surface area (Å²) >= 11 is 0. The number of nitrogens with two attached hydrogens (primary N) is 1. The zero-order valence-electron chi connectivity index (χ0n) is 25.7. The molecular weight excluding hydrogens is 352 g/mol. The molecule has 1 aliphatic heterocycles. The number of nitrogens with zero attached hydrogens (tertiary/aromatic N) is 4. The molecule has 0 amide bonds. The summed E-state index contributed by atoms with van der Waals surface area (Å²) in [5, 5.41) is 4.02. The average molecular weight is 395 g/mol. The Morgan fingerprint density at radius 3 is 3.04 bits per heavy atom. The average Bonchev–Trinajstić information content (AvgIpc) is 3.14. The summed E-state index contributed by atoms with van der Waals surface area (Å²) in [4.78, 5) is 17.1. The molecule has 2 fully saturated rings. The molecule has 0 radical (unpaired) electrons. The first-order valence-electron chi connectivity index (χ1n) is 14.4. The molecule has 1 aromatic carbocycles. The molecule has 3 N–H and O–H groups in total. The third-order valence-corrected chi connectivity index (χ3v) is 5.01. The third kappa shape index (κ3) is 4.58. The first-order chi connectivity index (χ1) is 17.5. The van der Waals surface area contributed by atoms with Gasteiger partial charge in [-0.1, -0.05) is 25.2 Å². The topological polar surface area (TPSA) is 83.2 Å². The lowest BCUT2D eigenvalue weighted by molar-refractivity contribution is 0.256. The zero-order valence-corrected chi connectivity index (χ0v) is 15.7. The minimum absolute atomic E-state index is 0.0334. The van der Waals surface area contributed by atoms with Gasteiger partial charge in [-0.15, -0.1) is 0 Å². The number of H-pyrrole nitrogens is 1. The molecule has 0 bridgehead atoms. The first-order valence-corrected chi connectivity index (χ1v) is 9.50. The molecule has 1 aliphatic carbocycles. The van der Waals surface area contributed by atoms with E-state index in [-0.39, 0.29) is 17.3 Å². The van der Waals surface area contributed by atoms with Gasteiger partial charge in [0.1, 0.15) is 5.82 Å². The van der Waals surface area contributed by atoms with Crippen LogP contribution in [0.25, 0.3) is 0 Å². The van der Waals surface area contributed by atoms with Gasteiger partial charge in [-0.25, -0.2) is 9.89 Å². The standard InChI is InChI=1S/C21H32N6O/c22-18-7-4-8-19(15-18)26-13-11-25(12-14-26)10-9-20-23-24-21(28)27(20)16-17-5-2-1-3-6-17/h4,7-8,15,17H,1-3,5-6,9-14,16,22H2,(H,24,28)/i1D2,2D2,5D2,16D2,17D/hD. The Morgan fingerprint density at radius 2 is 2.21 bits per heavy atom. The van der Waals surface area contributed by atoms with Crippen molar-refractivity contribution in [2.24, 2.45) is 5.89 Å². The van der Waals surface area contributed by atoms with E-state index in [1.54, 1.807) is 0 Å². The van der Waals surface area contributed by atoms with Crippen molar-refractivity contribution < 1.29 is 13.7 Å². The van der Waals surface area contributed by atoms with Gasteiger partial charge in [0.15, 0.2) is 1.41 Å². The van der Waals surface area contributed by atoms with Crippen LogP contribution in [-0.4, -0.2) is 52.4 Å². The minimum Gasteiger partial charge on any atom is -0.399 e. The Kier molecular flexibility index (Phi) is 3.30. The molecule has 1 atom stereocenters. The molecule has 7 nitrogen and oxygen atoms in total. The highest BCUT2D eigenvalue weighted by molar-refractivity contribution is 5.56. The second kappa shape index (κ2) is 8.82. The normalized spacial score (nSPS) is 34.9. The molecular formula is C21H32N6O. The number of aromatic nitrogens is 3. The van der Waals surface area contributed by atoms with Gasteiger partial charge < -0.3 is 10.6 Å². The van der Waals surface area contributed by atoms with Gasteiger partial charge in [0.05, 0.1) is 2.74 Å². The van der Waals surface area contributed by atoms with Crippen LogP contribution in [0.5, 0.6) is 0 Å². The molecule has 152 valence electrons. The molecule has 0 spiro atoms. The van der Waals surface area contributed by atoms with E-state index in [1.165, 1.54) is 0 Å². The number of hydrogen-bond donors (Lipinski definition) is 2. The largest absolute Gasteiger partial charge is 0.399 e. The number of anilines is 2. The number of hydrogen-bond acceptors (Lipinski definition) is 5. The summed E-state index contributed by atoms with van der Waals surface area (Å²) in [7, 11) is 0. The van der Waals surface area contributed by atoms with Gasteiger partial charge in [-0.05, 0) is 36.9 Å². The van der Waals surface area contributed by atoms with E-state index >= 15 is 0 Å². The maximum absolute atomic E-state index is 12.8. The Hall–Kier alpha value is -2.28. The minimum atomic E-state index is -3.32. The molecule has 28 heavy (non-hydrogen) atoms. The number of piperazine rings is 1. The molecule has 2 heterocycles. The number of nitrogens with one attached hydrogen (secondary N) is 1. The van der Waals surface area contributed by atoms with E-state index in [1.807, 2.05) is 24.3 Å². The van der Waals surface area contributed by atoms with Crippen molar-refractivity contribution in [2.75, 3.05) is 43.4 Å². The maximum atomic E-state index is 12.8. The first kappa shape index (κ1) is 10.5. The molecule has 1 saturated heterocycles. The lowest BCUT2D eigenvalue weighted by atomic mass is 9.89. The summed E-state index contributed by atoms with van der Waals surface area (Å²) in [6, 6.07) is 7.57. The van der Waals surface area contributed by atoms with Gasteiger partial charge in [-0.3, -0.25) is 9.47 Å². The van der Waals surface area contributed by atoms with Crippen LogP contribution in [0.1, 0.15) is 50.1 Å². The van der Waals surface area contributed by atoms with E-state index in [9.17, 15) is 4.79 Å². The smallest absolute Gasteiger partial charge is 0.343 e. The number of nitrogen functional groups attached to an aromatic ring is 1. The predicted molar refractivity (Wildman–Crippen MR) is 113 cm³/mol. The Balaban J connectivity index is 1.55. The molecule has 2 aromatic rings. The van der Waals surface area contributed by atoms with Gasteiger partial charge >= 0.3 is 5.69 Å². The highest BCUT2D eigenvalue weighted by atomic mass is 16.1. The van der Waals surface area contributed by atoms with Crippen LogP contribution in [-0.2, 0) is 12.9 Å². The summed E-state index contributed by atoms with van der Waals surface area (Å²) < 4.78 is 83.4. The highest BCUT2D eigenvalue weighted by Crippen LogP contribution is 2.25. The van der Waals surface area contributed by atoms with E-state index in [0.29, 0.717) is 43.0 Å². The Morgan fingerprint density at radius 1 is 1.36 bits per heavy atom. The van der Waals surface area contributed by atoms with E-state index in [2.05, 4.69) is 14.9 Å². The highest BCUT2D eigenvalue weighted by Gasteiger charge is 2.20. The maximum Gasteiger partial charge on any atom is 0.343 e. The van der Waals surface area contributed by atoms with Gasteiger partial charge in [0.25, 0.3) is 0 Å². The molecule has 2 aliphatic rings. The fraction of sp³-hybridized carbons (Fsp3) is 0.619. The predicted octanol–water partition coefficient (Wildman–Crippen LogP) is 2.10. The van der Waals surface area contributed by atoms with Gasteiger partial charge in [0, 0.05) is 66.6 Å². The van der Waals surface area contributed by atoms with E-state index < -0.39 is 50.0 Å². The van der Waals surface area contributed by atoms with Crippen molar-refractivity contribution in [1.82, 2.24) is 19.7 Å². The fourth-order valence-electron chi connectivity index (χ4n) is 3.43. The second-order valence-corrected chi connectivity index (χ2v) is 6.93. The van der Waals surface area contributed by atoms with Crippen LogP contribution >= 0.6 is 0 Å². The lowest BCUT2D eigenvalue weighted by Crippen LogP contribution is -2.47. The van der Waals surface area contributed by atoms with Gasteiger partial charge in [0.2, 0.25) is 0 Å². The van der Waals surface area contributed by atoms with Crippen LogP contribution in [0.4, 0.5) is 11.4 Å². The second-order valence-electron chi connectivity index (χ2n) is 6.93. The quantitative estimate of drug-likeness (QED) is 0.733. The zero-order chi connectivity index (χ0) is 28.3. The molecule has 1 aromatic heterocycles. The molecule has 1 saturated carbocycles. The fourth-order valence-corrected chi connectivity index (χ4v) is 3.43. The van der Waals surface area contributed by atoms with Crippen molar-refractivity contribution >= 4 is 11.4 Å². The molecule has 1 unspecified atom stereocenters. The Labute approximate surface area is 180 Å². The van der Waals surface area contributed by atoms with Crippen LogP contribution in [0.15, 0.2) is 29.1 Å². The third-order valence-electron chi connectivity index (χ3n) is 5.01. The molecule has 7 heteroatoms. The Bertz CT molecular complexity index is 1240. The van der Waals surface area contributed by atoms with Crippen LogP contribution < -0.4 is 16.3 Å². The molecule has 4 rings (SSSR count). The summed E-state index contributed by atoms with van der Waals surface area (Å²) in [5.74, 6) is -3.04. The summed E-state index contributed by atoms with van der Waals surface area (Å²) in [5.41, 5.74) is 6.34.